The zero-order valence-electron chi connectivity index (χ0n) is 11.6. The van der Waals surface area contributed by atoms with E-state index in [1.165, 1.54) is 25.1 Å². The lowest BCUT2D eigenvalue weighted by atomic mass is 10.1. The van der Waals surface area contributed by atoms with Crippen LogP contribution in [0.15, 0.2) is 42.5 Å². The van der Waals surface area contributed by atoms with E-state index in [-0.39, 0.29) is 24.2 Å². The summed E-state index contributed by atoms with van der Waals surface area (Å²) in [5.41, 5.74) is 1.52. The van der Waals surface area contributed by atoms with Crippen LogP contribution in [-0.4, -0.2) is 18.5 Å². The molecule has 4 heteroatoms. The molecule has 108 valence electrons. The van der Waals surface area contributed by atoms with Crippen LogP contribution in [0.2, 0.25) is 0 Å². The van der Waals surface area contributed by atoms with Gasteiger partial charge in [-0.25, -0.2) is 4.39 Å². The number of fused-ring (bicyclic) bond motifs is 1. The third-order valence-corrected chi connectivity index (χ3v) is 3.46. The van der Waals surface area contributed by atoms with Crippen molar-refractivity contribution in [1.82, 2.24) is 0 Å². The Hall–Kier alpha value is -2.36. The van der Waals surface area contributed by atoms with Crippen molar-refractivity contribution in [1.29, 1.82) is 0 Å². The highest BCUT2D eigenvalue weighted by Crippen LogP contribution is 2.29. The first-order valence-electron chi connectivity index (χ1n) is 6.81. The minimum Gasteiger partial charge on any atom is -0.489 e. The van der Waals surface area contributed by atoms with Crippen LogP contribution in [0.5, 0.6) is 11.5 Å². The van der Waals surface area contributed by atoms with Crippen LogP contribution in [0.4, 0.5) is 4.39 Å². The molecule has 0 saturated heterocycles. The third kappa shape index (κ3) is 2.89. The molecule has 0 saturated carbocycles. The maximum Gasteiger partial charge on any atom is 0.163 e. The number of rotatable bonds is 4. The largest absolute Gasteiger partial charge is 0.489 e. The fourth-order valence-electron chi connectivity index (χ4n) is 2.44. The van der Waals surface area contributed by atoms with Crippen molar-refractivity contribution in [2.75, 3.05) is 6.61 Å². The van der Waals surface area contributed by atoms with Crippen LogP contribution in [0.1, 0.15) is 22.8 Å². The second-order valence-corrected chi connectivity index (χ2v) is 5.06. The molecular weight excluding hydrogens is 271 g/mol. The van der Waals surface area contributed by atoms with Gasteiger partial charge in [0.1, 0.15) is 30.0 Å². The van der Waals surface area contributed by atoms with Gasteiger partial charge in [0, 0.05) is 12.5 Å². The van der Waals surface area contributed by atoms with E-state index in [0.29, 0.717) is 5.56 Å². The lowest BCUT2D eigenvalue weighted by molar-refractivity contribution is 0.100. The Labute approximate surface area is 122 Å². The number of halogens is 1. The quantitative estimate of drug-likeness (QED) is 0.808. The minimum absolute atomic E-state index is 0.120. The number of ketones is 1. The molecule has 1 aliphatic heterocycles. The number of carbonyl (C=O) groups is 1. The Kier molecular flexibility index (Phi) is 3.60. The molecule has 0 amide bonds. The summed E-state index contributed by atoms with van der Waals surface area (Å²) in [7, 11) is 0. The maximum absolute atomic E-state index is 13.3. The van der Waals surface area contributed by atoms with Crippen molar-refractivity contribution in [2.24, 2.45) is 0 Å². The van der Waals surface area contributed by atoms with E-state index in [1.807, 2.05) is 24.3 Å². The Bertz CT molecular complexity index is 656. The lowest BCUT2D eigenvalue weighted by Crippen LogP contribution is -2.23. The summed E-state index contributed by atoms with van der Waals surface area (Å²) >= 11 is 0. The summed E-state index contributed by atoms with van der Waals surface area (Å²) in [5, 5.41) is 0. The van der Waals surface area contributed by atoms with E-state index in [1.54, 1.807) is 0 Å². The second-order valence-electron chi connectivity index (χ2n) is 5.06. The van der Waals surface area contributed by atoms with Crippen molar-refractivity contribution >= 4 is 5.78 Å². The van der Waals surface area contributed by atoms with Gasteiger partial charge >= 0.3 is 0 Å². The van der Waals surface area contributed by atoms with Crippen LogP contribution in [-0.2, 0) is 6.42 Å². The molecule has 2 aromatic rings. The Morgan fingerprint density at radius 1 is 1.33 bits per heavy atom. The number of ether oxygens (including phenoxy) is 2. The predicted octanol–water partition coefficient (Wildman–Crippen LogP) is 3.41. The molecule has 1 atom stereocenters. The van der Waals surface area contributed by atoms with Crippen LogP contribution in [0, 0.1) is 5.82 Å². The summed E-state index contributed by atoms with van der Waals surface area (Å²) < 4.78 is 24.7. The summed E-state index contributed by atoms with van der Waals surface area (Å²) in [6.45, 7) is 1.71. The summed E-state index contributed by atoms with van der Waals surface area (Å²) in [6, 6.07) is 11.7. The first-order chi connectivity index (χ1) is 10.1. The zero-order valence-corrected chi connectivity index (χ0v) is 11.6. The molecule has 1 aliphatic rings. The summed E-state index contributed by atoms with van der Waals surface area (Å²) in [4.78, 5) is 11.5. The van der Waals surface area contributed by atoms with E-state index in [2.05, 4.69) is 0 Å². The Balaban J connectivity index is 1.69. The van der Waals surface area contributed by atoms with Gasteiger partial charge in [0.2, 0.25) is 0 Å². The highest BCUT2D eigenvalue weighted by molar-refractivity contribution is 5.96. The molecule has 3 rings (SSSR count). The van der Waals surface area contributed by atoms with Crippen LogP contribution < -0.4 is 9.47 Å². The molecule has 0 aliphatic carbocycles. The average Bonchev–Trinajstić information content (AvgIpc) is 2.87. The molecule has 2 aromatic carbocycles. The molecule has 1 unspecified atom stereocenters. The molecular formula is C17H15FO3. The van der Waals surface area contributed by atoms with Gasteiger partial charge in [0.05, 0.1) is 5.56 Å². The van der Waals surface area contributed by atoms with Gasteiger partial charge in [-0.05, 0) is 30.7 Å². The number of benzene rings is 2. The predicted molar refractivity (Wildman–Crippen MR) is 76.5 cm³/mol. The van der Waals surface area contributed by atoms with Crippen LogP contribution >= 0.6 is 0 Å². The minimum atomic E-state index is -0.425. The molecule has 0 N–H and O–H groups in total. The number of hydrogen-bond acceptors (Lipinski definition) is 3. The average molecular weight is 286 g/mol. The maximum atomic E-state index is 13.3. The number of carbonyl (C=O) groups excluding carboxylic acids is 1. The number of para-hydroxylation sites is 1. The summed E-state index contributed by atoms with van der Waals surface area (Å²) in [6.07, 6.45) is 0.631. The molecule has 0 aromatic heterocycles. The van der Waals surface area contributed by atoms with E-state index >= 15 is 0 Å². The van der Waals surface area contributed by atoms with Gasteiger partial charge in [0.25, 0.3) is 0 Å². The topological polar surface area (TPSA) is 35.5 Å². The molecule has 0 fully saturated rings. The number of Topliss-reactive ketones (excluding diaryl/α,β-unsaturated/α-hetero) is 1. The van der Waals surface area contributed by atoms with Gasteiger partial charge in [-0.3, -0.25) is 4.79 Å². The van der Waals surface area contributed by atoms with Crippen LogP contribution in [0.25, 0.3) is 0 Å². The Morgan fingerprint density at radius 3 is 2.90 bits per heavy atom. The highest BCUT2D eigenvalue weighted by Gasteiger charge is 2.23. The lowest BCUT2D eigenvalue weighted by Gasteiger charge is -2.14. The van der Waals surface area contributed by atoms with Crippen molar-refractivity contribution < 1.29 is 18.7 Å². The second kappa shape index (κ2) is 5.56. The number of hydrogen-bond donors (Lipinski definition) is 0. The van der Waals surface area contributed by atoms with Gasteiger partial charge < -0.3 is 9.47 Å². The molecule has 0 radical (unpaired) electrons. The van der Waals surface area contributed by atoms with Crippen LogP contribution in [0.3, 0.4) is 0 Å². The van der Waals surface area contributed by atoms with E-state index in [0.717, 1.165) is 17.7 Å². The molecule has 3 nitrogen and oxygen atoms in total. The van der Waals surface area contributed by atoms with Gasteiger partial charge in [-0.2, -0.15) is 0 Å². The van der Waals surface area contributed by atoms with Gasteiger partial charge in [-0.15, -0.1) is 0 Å². The first-order valence-corrected chi connectivity index (χ1v) is 6.81. The fraction of sp³-hybridized carbons (Fsp3) is 0.235. The first kappa shape index (κ1) is 13.6. The molecule has 1 heterocycles. The highest BCUT2D eigenvalue weighted by atomic mass is 19.1. The zero-order chi connectivity index (χ0) is 14.8. The monoisotopic (exact) mass is 286 g/mol. The van der Waals surface area contributed by atoms with Crippen molar-refractivity contribution in [3.8, 4) is 11.5 Å². The summed E-state index contributed by atoms with van der Waals surface area (Å²) in [5.74, 6) is 0.547. The smallest absolute Gasteiger partial charge is 0.163 e. The van der Waals surface area contributed by atoms with Crippen molar-refractivity contribution in [2.45, 2.75) is 19.4 Å². The van der Waals surface area contributed by atoms with Crippen molar-refractivity contribution in [3.63, 3.8) is 0 Å². The standard InChI is InChI=1S/C17H15FO3/c1-11(19)15-7-6-13(18)9-17(15)20-10-14-8-12-4-2-3-5-16(12)21-14/h2-7,9,14H,8,10H2,1H3. The van der Waals surface area contributed by atoms with Gasteiger partial charge in [-0.1, -0.05) is 18.2 Å². The fourth-order valence-corrected chi connectivity index (χ4v) is 2.44. The normalized spacial score (nSPS) is 16.2. The third-order valence-electron chi connectivity index (χ3n) is 3.46. The molecule has 0 bridgehead atoms. The van der Waals surface area contributed by atoms with E-state index in [9.17, 15) is 9.18 Å². The Morgan fingerprint density at radius 2 is 2.14 bits per heavy atom. The SMILES string of the molecule is CC(=O)c1ccc(F)cc1OCC1Cc2ccccc2O1. The van der Waals surface area contributed by atoms with E-state index < -0.39 is 5.82 Å². The molecule has 21 heavy (non-hydrogen) atoms. The molecule has 0 spiro atoms. The van der Waals surface area contributed by atoms with Gasteiger partial charge in [0.15, 0.2) is 5.78 Å². The van der Waals surface area contributed by atoms with E-state index in [4.69, 9.17) is 9.47 Å². The van der Waals surface area contributed by atoms with Crippen molar-refractivity contribution in [3.05, 3.63) is 59.4 Å².